The number of anilines is 1. The number of benzene rings is 2. The topological polar surface area (TPSA) is 68.5 Å². The minimum absolute atomic E-state index is 0.301. The van der Waals surface area contributed by atoms with E-state index < -0.39 is 6.10 Å². The number of carbonyl (C=O) groups is 1. The summed E-state index contributed by atoms with van der Waals surface area (Å²) in [4.78, 5) is 17.8. The fourth-order valence-electron chi connectivity index (χ4n) is 3.05. The van der Waals surface area contributed by atoms with Crippen LogP contribution in [0.5, 0.6) is 0 Å². The van der Waals surface area contributed by atoms with Crippen molar-refractivity contribution in [2.45, 2.75) is 26.0 Å². The number of amides is 1. The maximum Gasteiger partial charge on any atom is 0.269 e. The van der Waals surface area contributed by atoms with Crippen LogP contribution in [0.2, 0.25) is 10.0 Å². The van der Waals surface area contributed by atoms with E-state index in [1.54, 1.807) is 28.9 Å². The highest BCUT2D eigenvalue weighted by Gasteiger charge is 2.29. The van der Waals surface area contributed by atoms with Crippen molar-refractivity contribution in [3.63, 3.8) is 0 Å². The standard InChI is InChI=1S/C21H18Cl2N4O2/c1-13-4-2-3-5-15(13)12-27-9-8-20(25-27)24-21(28)19-11-18(26-29-19)14-6-7-16(22)17(23)10-14/h2-10,19H,11-12H2,1H3,(H,24,25,28). The highest BCUT2D eigenvalue weighted by molar-refractivity contribution is 6.42. The molecule has 29 heavy (non-hydrogen) atoms. The van der Waals surface area contributed by atoms with Crippen LogP contribution < -0.4 is 5.32 Å². The number of nitrogens with one attached hydrogen (secondary N) is 1. The van der Waals surface area contributed by atoms with Gasteiger partial charge in [-0.15, -0.1) is 0 Å². The molecule has 0 saturated carbocycles. The predicted octanol–water partition coefficient (Wildman–Crippen LogP) is 4.68. The van der Waals surface area contributed by atoms with Crippen molar-refractivity contribution in [3.8, 4) is 0 Å². The summed E-state index contributed by atoms with van der Waals surface area (Å²) in [7, 11) is 0. The van der Waals surface area contributed by atoms with E-state index >= 15 is 0 Å². The van der Waals surface area contributed by atoms with Crippen LogP contribution >= 0.6 is 23.2 Å². The zero-order valence-electron chi connectivity index (χ0n) is 15.6. The SMILES string of the molecule is Cc1ccccc1Cn1ccc(NC(=O)C2CC(c3ccc(Cl)c(Cl)c3)=NO2)n1. The molecule has 1 N–H and O–H groups in total. The number of oxime groups is 1. The lowest BCUT2D eigenvalue weighted by atomic mass is 10.0. The maximum absolute atomic E-state index is 12.5. The van der Waals surface area contributed by atoms with Crippen LogP contribution in [0.15, 0.2) is 59.9 Å². The van der Waals surface area contributed by atoms with Gasteiger partial charge in [-0.3, -0.25) is 9.48 Å². The highest BCUT2D eigenvalue weighted by Crippen LogP contribution is 2.26. The second kappa shape index (κ2) is 8.27. The molecule has 0 aliphatic carbocycles. The van der Waals surface area contributed by atoms with E-state index in [1.165, 1.54) is 11.1 Å². The molecule has 0 bridgehead atoms. The molecular weight excluding hydrogens is 411 g/mol. The number of rotatable bonds is 5. The second-order valence-electron chi connectivity index (χ2n) is 6.78. The third-order valence-corrected chi connectivity index (χ3v) is 5.44. The molecule has 0 spiro atoms. The Kier molecular flexibility index (Phi) is 5.56. The Bertz CT molecular complexity index is 1090. The van der Waals surface area contributed by atoms with Gasteiger partial charge in [-0.1, -0.05) is 58.7 Å². The summed E-state index contributed by atoms with van der Waals surface area (Å²) in [6, 6.07) is 15.1. The summed E-state index contributed by atoms with van der Waals surface area (Å²) in [5.41, 5.74) is 3.79. The fraction of sp³-hybridized carbons (Fsp3) is 0.190. The molecule has 1 atom stereocenters. The lowest BCUT2D eigenvalue weighted by molar-refractivity contribution is -0.125. The molecule has 1 aliphatic heterocycles. The van der Waals surface area contributed by atoms with Gasteiger partial charge in [0, 0.05) is 24.2 Å². The third kappa shape index (κ3) is 4.44. The number of carbonyl (C=O) groups excluding carboxylic acids is 1. The number of aryl methyl sites for hydroxylation is 1. The Morgan fingerprint density at radius 1 is 1.21 bits per heavy atom. The van der Waals surface area contributed by atoms with E-state index in [4.69, 9.17) is 28.0 Å². The fourth-order valence-corrected chi connectivity index (χ4v) is 3.35. The molecule has 4 rings (SSSR count). The van der Waals surface area contributed by atoms with Gasteiger partial charge in [-0.2, -0.15) is 5.10 Å². The summed E-state index contributed by atoms with van der Waals surface area (Å²) in [6.07, 6.45) is 1.45. The molecule has 3 aromatic rings. The molecule has 6 nitrogen and oxygen atoms in total. The van der Waals surface area contributed by atoms with Crippen molar-refractivity contribution in [1.82, 2.24) is 9.78 Å². The largest absolute Gasteiger partial charge is 0.382 e. The Labute approximate surface area is 178 Å². The van der Waals surface area contributed by atoms with E-state index in [2.05, 4.69) is 34.6 Å². The zero-order valence-corrected chi connectivity index (χ0v) is 17.1. The van der Waals surface area contributed by atoms with Gasteiger partial charge in [0.15, 0.2) is 5.82 Å². The molecule has 1 aromatic heterocycles. The zero-order chi connectivity index (χ0) is 20.4. The smallest absolute Gasteiger partial charge is 0.269 e. The predicted molar refractivity (Wildman–Crippen MR) is 114 cm³/mol. The highest BCUT2D eigenvalue weighted by atomic mass is 35.5. The number of aromatic nitrogens is 2. The lowest BCUT2D eigenvalue weighted by Crippen LogP contribution is -2.28. The van der Waals surface area contributed by atoms with Gasteiger partial charge in [-0.05, 0) is 30.2 Å². The van der Waals surface area contributed by atoms with Crippen LogP contribution in [0.4, 0.5) is 5.82 Å². The van der Waals surface area contributed by atoms with Gasteiger partial charge in [0.1, 0.15) is 0 Å². The van der Waals surface area contributed by atoms with Gasteiger partial charge < -0.3 is 10.2 Å². The minimum atomic E-state index is -0.721. The molecule has 0 saturated heterocycles. The Morgan fingerprint density at radius 2 is 2.03 bits per heavy atom. The van der Waals surface area contributed by atoms with Crippen molar-refractivity contribution in [1.29, 1.82) is 0 Å². The Balaban J connectivity index is 1.36. The van der Waals surface area contributed by atoms with Crippen molar-refractivity contribution >= 4 is 40.6 Å². The molecule has 1 aliphatic rings. The first-order valence-corrected chi connectivity index (χ1v) is 9.82. The van der Waals surface area contributed by atoms with Gasteiger partial charge in [0.25, 0.3) is 5.91 Å². The number of nitrogens with zero attached hydrogens (tertiary/aromatic N) is 3. The lowest BCUT2D eigenvalue weighted by Gasteiger charge is -2.08. The Hall–Kier alpha value is -2.83. The summed E-state index contributed by atoms with van der Waals surface area (Å²) >= 11 is 12.0. The van der Waals surface area contributed by atoms with Crippen molar-refractivity contribution in [2.75, 3.05) is 5.32 Å². The average molecular weight is 429 g/mol. The molecule has 2 heterocycles. The van der Waals surface area contributed by atoms with Crippen LogP contribution in [-0.4, -0.2) is 27.5 Å². The van der Waals surface area contributed by atoms with Crippen LogP contribution in [0.25, 0.3) is 0 Å². The summed E-state index contributed by atoms with van der Waals surface area (Å²) in [5.74, 6) is 0.167. The van der Waals surface area contributed by atoms with Gasteiger partial charge in [0.2, 0.25) is 6.10 Å². The van der Waals surface area contributed by atoms with Crippen molar-refractivity contribution in [3.05, 3.63) is 81.5 Å². The Morgan fingerprint density at radius 3 is 2.83 bits per heavy atom. The molecule has 0 radical (unpaired) electrons. The number of hydrogen-bond donors (Lipinski definition) is 1. The molecule has 1 amide bonds. The molecule has 2 aromatic carbocycles. The van der Waals surface area contributed by atoms with Crippen molar-refractivity contribution in [2.24, 2.45) is 5.16 Å². The molecule has 1 unspecified atom stereocenters. The number of hydrogen-bond acceptors (Lipinski definition) is 4. The quantitative estimate of drug-likeness (QED) is 0.641. The maximum atomic E-state index is 12.5. The van der Waals surface area contributed by atoms with E-state index in [1.807, 2.05) is 18.3 Å². The van der Waals surface area contributed by atoms with E-state index in [9.17, 15) is 4.79 Å². The van der Waals surface area contributed by atoms with Crippen LogP contribution in [0, 0.1) is 6.92 Å². The van der Waals surface area contributed by atoms with Crippen LogP contribution in [0.1, 0.15) is 23.1 Å². The third-order valence-electron chi connectivity index (χ3n) is 4.70. The molecule has 0 fully saturated rings. The van der Waals surface area contributed by atoms with Gasteiger partial charge in [0.05, 0.1) is 22.3 Å². The number of halogens is 2. The van der Waals surface area contributed by atoms with Gasteiger partial charge in [-0.25, -0.2) is 0 Å². The summed E-state index contributed by atoms with van der Waals surface area (Å²) in [5, 5.41) is 12.1. The minimum Gasteiger partial charge on any atom is -0.382 e. The normalized spacial score (nSPS) is 15.7. The first-order valence-electron chi connectivity index (χ1n) is 9.06. The summed E-state index contributed by atoms with van der Waals surface area (Å²) in [6.45, 7) is 2.69. The van der Waals surface area contributed by atoms with E-state index in [0.29, 0.717) is 34.5 Å². The van der Waals surface area contributed by atoms with Crippen LogP contribution in [-0.2, 0) is 16.2 Å². The second-order valence-corrected chi connectivity index (χ2v) is 7.59. The van der Waals surface area contributed by atoms with Gasteiger partial charge >= 0.3 is 0 Å². The average Bonchev–Trinajstić information content (AvgIpc) is 3.36. The van der Waals surface area contributed by atoms with E-state index in [-0.39, 0.29) is 5.91 Å². The van der Waals surface area contributed by atoms with Crippen LogP contribution in [0.3, 0.4) is 0 Å². The first kappa shape index (κ1) is 19.5. The monoisotopic (exact) mass is 428 g/mol. The van der Waals surface area contributed by atoms with Crippen molar-refractivity contribution < 1.29 is 9.63 Å². The molecule has 8 heteroatoms. The molecular formula is C21H18Cl2N4O2. The first-order chi connectivity index (χ1) is 14.0. The summed E-state index contributed by atoms with van der Waals surface area (Å²) < 4.78 is 1.78. The molecule has 148 valence electrons. The van der Waals surface area contributed by atoms with E-state index in [0.717, 1.165) is 5.56 Å².